The standard InChI is InChI=1S/C24H31NO4/c1-26-23-8-3-2-7-21(23)19-9-10-22(20(17-19)18-25-12-4-5-13-25)27-16-11-24-28-14-6-15-29-24/h2-3,7-10,17,24H,4-6,11-16,18H2,1H3. The molecule has 0 N–H and O–H groups in total. The molecule has 0 amide bonds. The number of methoxy groups -OCH3 is 1. The molecule has 4 rings (SSSR count). The maximum Gasteiger partial charge on any atom is 0.160 e. The van der Waals surface area contributed by atoms with Crippen molar-refractivity contribution in [2.24, 2.45) is 0 Å². The fraction of sp³-hybridized carbons (Fsp3) is 0.500. The van der Waals surface area contributed by atoms with Crippen LogP contribution in [-0.4, -0.2) is 51.2 Å². The molecule has 0 bridgehead atoms. The van der Waals surface area contributed by atoms with Crippen LogP contribution in [0.4, 0.5) is 0 Å². The number of hydrogen-bond acceptors (Lipinski definition) is 5. The Labute approximate surface area is 173 Å². The van der Waals surface area contributed by atoms with Crippen molar-refractivity contribution in [1.82, 2.24) is 4.90 Å². The molecular formula is C24H31NO4. The fourth-order valence-electron chi connectivity index (χ4n) is 4.04. The molecule has 0 radical (unpaired) electrons. The molecule has 2 heterocycles. The lowest BCUT2D eigenvalue weighted by molar-refractivity contribution is -0.183. The van der Waals surface area contributed by atoms with Gasteiger partial charge in [0.25, 0.3) is 0 Å². The Balaban J connectivity index is 1.51. The lowest BCUT2D eigenvalue weighted by Crippen LogP contribution is -2.26. The highest BCUT2D eigenvalue weighted by atomic mass is 16.7. The third-order valence-corrected chi connectivity index (χ3v) is 5.58. The number of hydrogen-bond donors (Lipinski definition) is 0. The molecule has 156 valence electrons. The van der Waals surface area contributed by atoms with E-state index in [2.05, 4.69) is 29.2 Å². The van der Waals surface area contributed by atoms with Crippen molar-refractivity contribution in [3.63, 3.8) is 0 Å². The average molecular weight is 398 g/mol. The van der Waals surface area contributed by atoms with Gasteiger partial charge >= 0.3 is 0 Å². The molecule has 5 nitrogen and oxygen atoms in total. The van der Waals surface area contributed by atoms with Crippen LogP contribution >= 0.6 is 0 Å². The van der Waals surface area contributed by atoms with Gasteiger partial charge in [0.15, 0.2) is 6.29 Å². The maximum absolute atomic E-state index is 6.18. The topological polar surface area (TPSA) is 40.2 Å². The van der Waals surface area contributed by atoms with Gasteiger partial charge in [0.05, 0.1) is 26.9 Å². The summed E-state index contributed by atoms with van der Waals surface area (Å²) in [6, 6.07) is 14.6. The normalized spacial score (nSPS) is 18.1. The van der Waals surface area contributed by atoms with Crippen molar-refractivity contribution >= 4 is 0 Å². The van der Waals surface area contributed by atoms with E-state index in [1.54, 1.807) is 7.11 Å². The molecule has 5 heteroatoms. The monoisotopic (exact) mass is 397 g/mol. The highest BCUT2D eigenvalue weighted by Gasteiger charge is 2.18. The molecule has 2 saturated heterocycles. The van der Waals surface area contributed by atoms with Gasteiger partial charge in [0.1, 0.15) is 11.5 Å². The summed E-state index contributed by atoms with van der Waals surface area (Å²) >= 11 is 0. The molecule has 2 aromatic carbocycles. The van der Waals surface area contributed by atoms with Gasteiger partial charge in [-0.1, -0.05) is 24.3 Å². The van der Waals surface area contributed by atoms with Crippen LogP contribution in [0.25, 0.3) is 11.1 Å². The first-order valence-electron chi connectivity index (χ1n) is 10.7. The molecule has 29 heavy (non-hydrogen) atoms. The van der Waals surface area contributed by atoms with Crippen molar-refractivity contribution in [2.75, 3.05) is 40.0 Å². The van der Waals surface area contributed by atoms with Crippen LogP contribution in [-0.2, 0) is 16.0 Å². The molecule has 0 aromatic heterocycles. The Bertz CT molecular complexity index is 782. The predicted octanol–water partition coefficient (Wildman–Crippen LogP) is 4.49. The number of rotatable bonds is 8. The van der Waals surface area contributed by atoms with Crippen molar-refractivity contribution in [1.29, 1.82) is 0 Å². The number of ether oxygens (including phenoxy) is 4. The number of para-hydroxylation sites is 1. The number of benzene rings is 2. The van der Waals surface area contributed by atoms with E-state index in [0.29, 0.717) is 6.61 Å². The van der Waals surface area contributed by atoms with Crippen molar-refractivity contribution in [3.8, 4) is 22.6 Å². The SMILES string of the molecule is COc1ccccc1-c1ccc(OCCC2OCCCO2)c(CN2CCCC2)c1. The maximum atomic E-state index is 6.18. The Morgan fingerprint density at radius 2 is 1.76 bits per heavy atom. The largest absolute Gasteiger partial charge is 0.496 e. The van der Waals surface area contributed by atoms with Gasteiger partial charge in [-0.2, -0.15) is 0 Å². The van der Waals surface area contributed by atoms with Crippen LogP contribution in [0.2, 0.25) is 0 Å². The van der Waals surface area contributed by atoms with Crippen molar-refractivity contribution in [3.05, 3.63) is 48.0 Å². The van der Waals surface area contributed by atoms with Crippen LogP contribution in [0.3, 0.4) is 0 Å². The van der Waals surface area contributed by atoms with E-state index >= 15 is 0 Å². The Hall–Kier alpha value is -2.08. The van der Waals surface area contributed by atoms with E-state index in [9.17, 15) is 0 Å². The highest BCUT2D eigenvalue weighted by Crippen LogP contribution is 2.33. The van der Waals surface area contributed by atoms with E-state index in [0.717, 1.165) is 68.3 Å². The van der Waals surface area contributed by atoms with E-state index in [1.165, 1.54) is 18.4 Å². The third-order valence-electron chi connectivity index (χ3n) is 5.58. The molecule has 0 unspecified atom stereocenters. The lowest BCUT2D eigenvalue weighted by atomic mass is 10.0. The van der Waals surface area contributed by atoms with Crippen LogP contribution in [0.1, 0.15) is 31.2 Å². The zero-order chi connectivity index (χ0) is 19.9. The molecule has 2 aromatic rings. The summed E-state index contributed by atoms with van der Waals surface area (Å²) in [6.07, 6.45) is 4.13. The first kappa shape index (κ1) is 20.2. The Morgan fingerprint density at radius 3 is 2.55 bits per heavy atom. The molecule has 0 atom stereocenters. The smallest absolute Gasteiger partial charge is 0.160 e. The molecule has 2 fully saturated rings. The molecular weight excluding hydrogens is 366 g/mol. The second-order valence-corrected chi connectivity index (χ2v) is 7.67. The average Bonchev–Trinajstić information content (AvgIpc) is 3.28. The molecule has 2 aliphatic heterocycles. The van der Waals surface area contributed by atoms with Crippen LogP contribution < -0.4 is 9.47 Å². The summed E-state index contributed by atoms with van der Waals surface area (Å²) < 4.78 is 23.0. The quantitative estimate of drug-likeness (QED) is 0.656. The van der Waals surface area contributed by atoms with Crippen molar-refractivity contribution in [2.45, 2.75) is 38.5 Å². The van der Waals surface area contributed by atoms with Gasteiger partial charge in [0, 0.05) is 24.1 Å². The third kappa shape index (κ3) is 5.30. The molecule has 0 spiro atoms. The summed E-state index contributed by atoms with van der Waals surface area (Å²) in [5.41, 5.74) is 3.48. The van der Waals surface area contributed by atoms with Crippen LogP contribution in [0.15, 0.2) is 42.5 Å². The van der Waals surface area contributed by atoms with Crippen molar-refractivity contribution < 1.29 is 18.9 Å². The summed E-state index contributed by atoms with van der Waals surface area (Å²) in [7, 11) is 1.72. The summed E-state index contributed by atoms with van der Waals surface area (Å²) in [6.45, 7) is 5.36. The molecule has 2 aliphatic rings. The zero-order valence-corrected chi connectivity index (χ0v) is 17.3. The van der Waals surface area contributed by atoms with Gasteiger partial charge in [-0.25, -0.2) is 0 Å². The summed E-state index contributed by atoms with van der Waals surface area (Å²) in [5, 5.41) is 0. The zero-order valence-electron chi connectivity index (χ0n) is 17.3. The lowest BCUT2D eigenvalue weighted by Gasteiger charge is -2.24. The highest BCUT2D eigenvalue weighted by molar-refractivity contribution is 5.71. The van der Waals surface area contributed by atoms with Gasteiger partial charge in [-0.15, -0.1) is 0 Å². The van der Waals surface area contributed by atoms with E-state index in [1.807, 2.05) is 18.2 Å². The second kappa shape index (κ2) is 10.1. The first-order valence-corrected chi connectivity index (χ1v) is 10.7. The minimum absolute atomic E-state index is 0.140. The fourth-order valence-corrected chi connectivity index (χ4v) is 4.04. The Kier molecular flexibility index (Phi) is 7.04. The van der Waals surface area contributed by atoms with Crippen LogP contribution in [0.5, 0.6) is 11.5 Å². The minimum Gasteiger partial charge on any atom is -0.496 e. The number of nitrogens with zero attached hydrogens (tertiary/aromatic N) is 1. The number of likely N-dealkylation sites (tertiary alicyclic amines) is 1. The van der Waals surface area contributed by atoms with Crippen LogP contribution in [0, 0.1) is 0 Å². The van der Waals surface area contributed by atoms with E-state index in [4.69, 9.17) is 18.9 Å². The summed E-state index contributed by atoms with van der Waals surface area (Å²) in [4.78, 5) is 2.50. The minimum atomic E-state index is -0.140. The van der Waals surface area contributed by atoms with Gasteiger partial charge in [0.2, 0.25) is 0 Å². The predicted molar refractivity (Wildman–Crippen MR) is 113 cm³/mol. The molecule has 0 saturated carbocycles. The van der Waals surface area contributed by atoms with E-state index in [-0.39, 0.29) is 6.29 Å². The van der Waals surface area contributed by atoms with Gasteiger partial charge in [-0.05, 0) is 56.1 Å². The first-order chi connectivity index (χ1) is 14.3. The summed E-state index contributed by atoms with van der Waals surface area (Å²) in [5.74, 6) is 1.84. The van der Waals surface area contributed by atoms with Gasteiger partial charge < -0.3 is 18.9 Å². The van der Waals surface area contributed by atoms with Gasteiger partial charge in [-0.3, -0.25) is 4.90 Å². The molecule has 0 aliphatic carbocycles. The second-order valence-electron chi connectivity index (χ2n) is 7.67. The van der Waals surface area contributed by atoms with E-state index < -0.39 is 0 Å². The Morgan fingerprint density at radius 1 is 0.966 bits per heavy atom.